The number of carbonyl (C=O) groups excluding carboxylic acids is 1. The van der Waals surface area contributed by atoms with Gasteiger partial charge in [0.05, 0.1) is 11.9 Å². The lowest BCUT2D eigenvalue weighted by Gasteiger charge is -2.16. The van der Waals surface area contributed by atoms with E-state index in [0.29, 0.717) is 5.69 Å². The highest BCUT2D eigenvalue weighted by molar-refractivity contribution is 7.90. The van der Waals surface area contributed by atoms with Crippen molar-refractivity contribution in [2.24, 2.45) is 7.05 Å². The van der Waals surface area contributed by atoms with E-state index in [4.69, 9.17) is 0 Å². The summed E-state index contributed by atoms with van der Waals surface area (Å²) in [5, 5.41) is 6.77. The predicted octanol–water partition coefficient (Wildman–Crippen LogP) is 2.22. The van der Waals surface area contributed by atoms with Gasteiger partial charge in [-0.25, -0.2) is 17.9 Å². The molecule has 2 aliphatic carbocycles. The summed E-state index contributed by atoms with van der Waals surface area (Å²) in [6.07, 6.45) is 7.28. The number of sulfonamides is 1. The Morgan fingerprint density at radius 3 is 2.27 bits per heavy atom. The maximum Gasteiger partial charge on any atom is 0.333 e. The summed E-state index contributed by atoms with van der Waals surface area (Å²) in [7, 11) is -2.31. The van der Waals surface area contributed by atoms with Crippen LogP contribution in [0.3, 0.4) is 0 Å². The van der Waals surface area contributed by atoms with Crippen molar-refractivity contribution < 1.29 is 13.2 Å². The molecule has 0 saturated carbocycles. The number of hydrogen-bond acceptors (Lipinski definition) is 4. The molecule has 0 bridgehead atoms. The fourth-order valence-corrected chi connectivity index (χ4v) is 5.14. The summed E-state index contributed by atoms with van der Waals surface area (Å²) in [4.78, 5) is 12.5. The van der Waals surface area contributed by atoms with Crippen LogP contribution in [-0.2, 0) is 42.8 Å². The molecule has 0 aliphatic heterocycles. The molecule has 138 valence electrons. The number of aromatic nitrogens is 2. The molecule has 2 amide bonds. The average molecular weight is 374 g/mol. The number of rotatable bonds is 3. The van der Waals surface area contributed by atoms with Gasteiger partial charge in [-0.05, 0) is 67.7 Å². The summed E-state index contributed by atoms with van der Waals surface area (Å²) < 4.78 is 28.6. The van der Waals surface area contributed by atoms with Crippen molar-refractivity contribution in [3.05, 3.63) is 40.2 Å². The van der Waals surface area contributed by atoms with E-state index >= 15 is 0 Å². The highest BCUT2D eigenvalue weighted by atomic mass is 32.2. The molecule has 1 aromatic heterocycles. The number of amides is 2. The van der Waals surface area contributed by atoms with Crippen LogP contribution >= 0.6 is 0 Å². The standard InChI is InChI=1S/C18H22N4O3S/c1-11-16(10-19-22(11)2)26(24,25)21-18(23)20-17-14-7-3-5-12(14)9-13-6-4-8-15(13)17/h9-10H,3-8H2,1-2H3,(H2,20,21,23). The number of nitrogens with zero attached hydrogens (tertiary/aromatic N) is 2. The van der Waals surface area contributed by atoms with Crippen LogP contribution < -0.4 is 10.0 Å². The van der Waals surface area contributed by atoms with Crippen LogP contribution in [0.25, 0.3) is 0 Å². The van der Waals surface area contributed by atoms with Crippen LogP contribution in [0.15, 0.2) is 17.2 Å². The third-order valence-electron chi connectivity index (χ3n) is 5.42. The number of nitrogens with one attached hydrogen (secondary N) is 2. The molecule has 2 aromatic rings. The number of hydrogen-bond donors (Lipinski definition) is 2. The Kier molecular flexibility index (Phi) is 4.02. The van der Waals surface area contributed by atoms with Crippen molar-refractivity contribution in [2.45, 2.75) is 50.3 Å². The summed E-state index contributed by atoms with van der Waals surface area (Å²) in [5.74, 6) is 0. The minimum Gasteiger partial charge on any atom is -0.307 e. The number of aryl methyl sites for hydroxylation is 3. The van der Waals surface area contributed by atoms with Crippen LogP contribution in [0.2, 0.25) is 0 Å². The van der Waals surface area contributed by atoms with Crippen LogP contribution in [0.5, 0.6) is 0 Å². The zero-order valence-corrected chi connectivity index (χ0v) is 15.7. The van der Waals surface area contributed by atoms with Crippen molar-refractivity contribution in [2.75, 3.05) is 5.32 Å². The second-order valence-corrected chi connectivity index (χ2v) is 8.66. The van der Waals surface area contributed by atoms with Crippen molar-refractivity contribution in [3.63, 3.8) is 0 Å². The van der Waals surface area contributed by atoms with Gasteiger partial charge in [-0.15, -0.1) is 0 Å². The summed E-state index contributed by atoms with van der Waals surface area (Å²) in [6, 6.07) is 1.55. The van der Waals surface area contributed by atoms with E-state index in [-0.39, 0.29) is 4.90 Å². The van der Waals surface area contributed by atoms with Crippen molar-refractivity contribution in [1.29, 1.82) is 0 Å². The van der Waals surface area contributed by atoms with E-state index in [1.807, 2.05) is 0 Å². The topological polar surface area (TPSA) is 93.1 Å². The highest BCUT2D eigenvalue weighted by Gasteiger charge is 2.27. The first-order chi connectivity index (χ1) is 12.4. The Bertz CT molecular complexity index is 976. The number of carbonyl (C=O) groups is 1. The molecule has 2 N–H and O–H groups in total. The predicted molar refractivity (Wildman–Crippen MR) is 97.8 cm³/mol. The third-order valence-corrected chi connectivity index (χ3v) is 6.85. The summed E-state index contributed by atoms with van der Waals surface area (Å²) in [5.41, 5.74) is 6.19. The molecular weight excluding hydrogens is 352 g/mol. The van der Waals surface area contributed by atoms with Crippen molar-refractivity contribution >= 4 is 21.7 Å². The molecule has 0 atom stereocenters. The number of fused-ring (bicyclic) bond motifs is 2. The second-order valence-electron chi connectivity index (χ2n) is 7.01. The number of urea groups is 1. The van der Waals surface area contributed by atoms with E-state index in [1.54, 1.807) is 14.0 Å². The smallest absolute Gasteiger partial charge is 0.307 e. The number of benzene rings is 1. The summed E-state index contributed by atoms with van der Waals surface area (Å²) in [6.45, 7) is 1.65. The molecule has 0 unspecified atom stereocenters. The van der Waals surface area contributed by atoms with E-state index < -0.39 is 16.1 Å². The van der Waals surface area contributed by atoms with Gasteiger partial charge in [-0.2, -0.15) is 5.10 Å². The largest absolute Gasteiger partial charge is 0.333 e. The summed E-state index contributed by atoms with van der Waals surface area (Å²) >= 11 is 0. The van der Waals surface area contributed by atoms with Gasteiger partial charge in [0.2, 0.25) is 0 Å². The zero-order chi connectivity index (χ0) is 18.5. The fraction of sp³-hybridized carbons (Fsp3) is 0.444. The van der Waals surface area contributed by atoms with Gasteiger partial charge in [0.1, 0.15) is 4.90 Å². The Morgan fingerprint density at radius 2 is 1.73 bits per heavy atom. The molecule has 0 spiro atoms. The quantitative estimate of drug-likeness (QED) is 0.861. The minimum absolute atomic E-state index is 0.0127. The van der Waals surface area contributed by atoms with E-state index in [0.717, 1.165) is 55.3 Å². The normalized spacial score (nSPS) is 15.6. The first-order valence-corrected chi connectivity index (χ1v) is 10.3. The minimum atomic E-state index is -3.96. The van der Waals surface area contributed by atoms with Gasteiger partial charge >= 0.3 is 6.03 Å². The molecular formula is C18H22N4O3S. The number of anilines is 1. The lowest BCUT2D eigenvalue weighted by Crippen LogP contribution is -2.35. The van der Waals surface area contributed by atoms with Crippen LogP contribution in [-0.4, -0.2) is 24.2 Å². The van der Waals surface area contributed by atoms with Gasteiger partial charge in [-0.3, -0.25) is 4.68 Å². The van der Waals surface area contributed by atoms with Crippen LogP contribution in [0.1, 0.15) is 40.8 Å². The average Bonchev–Trinajstić information content (AvgIpc) is 3.28. The molecule has 0 saturated heterocycles. The SMILES string of the molecule is Cc1c(S(=O)(=O)NC(=O)Nc2c3c(cc4c2CCC4)CCC3)cnn1C. The second kappa shape index (κ2) is 6.12. The molecule has 1 heterocycles. The van der Waals surface area contributed by atoms with E-state index in [9.17, 15) is 13.2 Å². The van der Waals surface area contributed by atoms with Crippen molar-refractivity contribution in [1.82, 2.24) is 14.5 Å². The van der Waals surface area contributed by atoms with Gasteiger partial charge < -0.3 is 5.32 Å². The Hall–Kier alpha value is -2.35. The lowest BCUT2D eigenvalue weighted by atomic mass is 9.99. The highest BCUT2D eigenvalue weighted by Crippen LogP contribution is 2.38. The molecule has 4 rings (SSSR count). The molecule has 0 radical (unpaired) electrons. The molecule has 2 aliphatic rings. The fourth-order valence-electron chi connectivity index (χ4n) is 4.03. The Morgan fingerprint density at radius 1 is 1.12 bits per heavy atom. The maximum atomic E-state index is 12.5. The third kappa shape index (κ3) is 2.78. The van der Waals surface area contributed by atoms with Gasteiger partial charge in [0, 0.05) is 12.7 Å². The molecule has 0 fully saturated rings. The van der Waals surface area contributed by atoms with Gasteiger partial charge in [-0.1, -0.05) is 6.07 Å². The Balaban J connectivity index is 1.61. The monoisotopic (exact) mass is 374 g/mol. The van der Waals surface area contributed by atoms with Crippen LogP contribution in [0.4, 0.5) is 10.5 Å². The van der Waals surface area contributed by atoms with Gasteiger partial charge in [0.15, 0.2) is 0 Å². The first kappa shape index (κ1) is 17.1. The Labute approximate surface area is 152 Å². The lowest BCUT2D eigenvalue weighted by molar-refractivity contribution is 0.256. The maximum absolute atomic E-state index is 12.5. The molecule has 26 heavy (non-hydrogen) atoms. The molecule has 8 heteroatoms. The zero-order valence-electron chi connectivity index (χ0n) is 14.9. The molecule has 1 aromatic carbocycles. The van der Waals surface area contributed by atoms with E-state index in [1.165, 1.54) is 22.0 Å². The van der Waals surface area contributed by atoms with Crippen molar-refractivity contribution in [3.8, 4) is 0 Å². The van der Waals surface area contributed by atoms with E-state index in [2.05, 4.69) is 21.2 Å². The first-order valence-electron chi connectivity index (χ1n) is 8.85. The molecule has 7 nitrogen and oxygen atoms in total. The van der Waals surface area contributed by atoms with Crippen LogP contribution in [0, 0.1) is 6.92 Å². The van der Waals surface area contributed by atoms with Gasteiger partial charge in [0.25, 0.3) is 10.0 Å².